The van der Waals surface area contributed by atoms with E-state index in [0.717, 1.165) is 0 Å². The molecule has 1 fully saturated rings. The van der Waals surface area contributed by atoms with E-state index in [1.807, 2.05) is 0 Å². The normalized spacial score (nSPS) is 21.4. The summed E-state index contributed by atoms with van der Waals surface area (Å²) >= 11 is 0. The molecule has 2 heterocycles. The molecule has 3 atom stereocenters. The highest BCUT2D eigenvalue weighted by Gasteiger charge is 2.42. The molecular formula is C18H25N3O8. The van der Waals surface area contributed by atoms with E-state index in [1.54, 1.807) is 13.8 Å². The van der Waals surface area contributed by atoms with Gasteiger partial charge in [-0.15, -0.1) is 5.10 Å². The van der Waals surface area contributed by atoms with Crippen LogP contribution in [0.25, 0.3) is 0 Å². The summed E-state index contributed by atoms with van der Waals surface area (Å²) in [5.74, 6) is 1.74. The van der Waals surface area contributed by atoms with Crippen LogP contribution in [0.5, 0.6) is 0 Å². The van der Waals surface area contributed by atoms with Gasteiger partial charge in [0.05, 0.1) is 25.9 Å². The third kappa shape index (κ3) is 5.98. The third-order valence-electron chi connectivity index (χ3n) is 3.75. The lowest BCUT2D eigenvalue weighted by Crippen LogP contribution is -2.34. The second-order valence-electron chi connectivity index (χ2n) is 6.59. The molecule has 1 aromatic rings. The molecular weight excluding hydrogens is 386 g/mol. The Bertz CT molecular complexity index is 789. The Balaban J connectivity index is 2.46. The van der Waals surface area contributed by atoms with Crippen molar-refractivity contribution in [2.75, 3.05) is 19.8 Å². The fourth-order valence-corrected chi connectivity index (χ4v) is 2.73. The van der Waals surface area contributed by atoms with E-state index >= 15 is 0 Å². The smallest absolute Gasteiger partial charge is 0.384 e. The van der Waals surface area contributed by atoms with Gasteiger partial charge in [0, 0.05) is 12.3 Å². The zero-order chi connectivity index (χ0) is 21.6. The number of aliphatic hydroxyl groups excluding tert-OH is 1. The Hall–Kier alpha value is -2.52. The van der Waals surface area contributed by atoms with E-state index in [4.69, 9.17) is 18.9 Å². The van der Waals surface area contributed by atoms with Crippen LogP contribution in [0.15, 0.2) is 0 Å². The summed E-state index contributed by atoms with van der Waals surface area (Å²) in [5.41, 5.74) is -0.244. The fourth-order valence-electron chi connectivity index (χ4n) is 2.73. The Labute approximate surface area is 167 Å². The van der Waals surface area contributed by atoms with Crippen molar-refractivity contribution in [2.24, 2.45) is 0 Å². The van der Waals surface area contributed by atoms with Crippen LogP contribution in [0.2, 0.25) is 0 Å². The van der Waals surface area contributed by atoms with Gasteiger partial charge in [-0.25, -0.2) is 14.3 Å². The minimum atomic E-state index is -1.49. The Morgan fingerprint density at radius 3 is 2.59 bits per heavy atom. The summed E-state index contributed by atoms with van der Waals surface area (Å²) in [6.07, 6.45) is -2.02. The number of rotatable bonds is 7. The predicted molar refractivity (Wildman–Crippen MR) is 96.3 cm³/mol. The fraction of sp³-hybridized carbons (Fsp3) is 0.667. The van der Waals surface area contributed by atoms with Gasteiger partial charge in [0.15, 0.2) is 12.0 Å². The summed E-state index contributed by atoms with van der Waals surface area (Å²) in [4.78, 5) is 23.9. The molecule has 11 heteroatoms. The molecule has 0 spiro atoms. The molecule has 2 rings (SSSR count). The minimum absolute atomic E-state index is 0.0376. The molecule has 0 aromatic carbocycles. The first-order valence-corrected chi connectivity index (χ1v) is 9.17. The summed E-state index contributed by atoms with van der Waals surface area (Å²) in [5, 5.41) is 27.2. The topological polar surface area (TPSA) is 142 Å². The number of aliphatic hydroxyl groups is 2. The van der Waals surface area contributed by atoms with Gasteiger partial charge in [0.1, 0.15) is 11.8 Å². The maximum atomic E-state index is 12.2. The first-order chi connectivity index (χ1) is 13.7. The molecule has 0 saturated carbocycles. The first kappa shape index (κ1) is 22.8. The highest BCUT2D eigenvalue weighted by atomic mass is 16.7. The molecule has 0 bridgehead atoms. The zero-order valence-corrected chi connectivity index (χ0v) is 16.7. The van der Waals surface area contributed by atoms with E-state index in [1.165, 1.54) is 18.5 Å². The number of nitrogens with zero attached hydrogens (tertiary/aromatic N) is 3. The van der Waals surface area contributed by atoms with Gasteiger partial charge >= 0.3 is 11.9 Å². The standard InChI is InChI=1S/C18H25N3O8/c1-5-26-14(23)8-7-12-15(17(24)27-6-2)19-20-21(12)16-13(29-18(3,4)25)9-11(10-22)28-16/h11,13,16,22,25H,5-6,9-10H2,1-4H3/t11-,13-,16+/m0/s1. The van der Waals surface area contributed by atoms with E-state index in [9.17, 15) is 19.8 Å². The van der Waals surface area contributed by atoms with Crippen LogP contribution in [0.3, 0.4) is 0 Å². The first-order valence-electron chi connectivity index (χ1n) is 9.17. The van der Waals surface area contributed by atoms with Crippen molar-refractivity contribution in [1.29, 1.82) is 0 Å². The van der Waals surface area contributed by atoms with Crippen LogP contribution in [-0.2, 0) is 23.7 Å². The number of aromatic nitrogens is 3. The average molecular weight is 411 g/mol. The highest BCUT2D eigenvalue weighted by molar-refractivity contribution is 5.92. The summed E-state index contributed by atoms with van der Waals surface area (Å²) in [6, 6.07) is 0. The third-order valence-corrected chi connectivity index (χ3v) is 3.75. The molecule has 0 aliphatic carbocycles. The van der Waals surface area contributed by atoms with Gasteiger partial charge < -0.3 is 29.2 Å². The van der Waals surface area contributed by atoms with E-state index < -0.39 is 36.2 Å². The van der Waals surface area contributed by atoms with Crippen molar-refractivity contribution in [1.82, 2.24) is 15.0 Å². The molecule has 29 heavy (non-hydrogen) atoms. The van der Waals surface area contributed by atoms with Gasteiger partial charge in [-0.3, -0.25) is 0 Å². The molecule has 0 unspecified atom stereocenters. The van der Waals surface area contributed by atoms with Crippen LogP contribution in [0, 0.1) is 11.8 Å². The molecule has 2 N–H and O–H groups in total. The van der Waals surface area contributed by atoms with Gasteiger partial charge in [0.2, 0.25) is 5.69 Å². The number of hydrogen-bond donors (Lipinski definition) is 2. The Kier molecular flexibility index (Phi) is 7.69. The SMILES string of the molecule is CCOC(=O)C#Cc1c(C(=O)OCC)nnn1[C@@H]1O[C@H](CO)C[C@@H]1OC(C)(C)O. The predicted octanol–water partition coefficient (Wildman–Crippen LogP) is -0.237. The molecule has 160 valence electrons. The van der Waals surface area contributed by atoms with Crippen molar-refractivity contribution in [3.05, 3.63) is 11.4 Å². The number of carbonyl (C=O) groups excluding carboxylic acids is 2. The van der Waals surface area contributed by atoms with Crippen LogP contribution < -0.4 is 0 Å². The van der Waals surface area contributed by atoms with Crippen LogP contribution in [0.4, 0.5) is 0 Å². The van der Waals surface area contributed by atoms with Crippen molar-refractivity contribution < 1.29 is 38.7 Å². The number of carbonyl (C=O) groups is 2. The van der Waals surface area contributed by atoms with Crippen molar-refractivity contribution in [2.45, 2.75) is 58.3 Å². The lowest BCUT2D eigenvalue weighted by atomic mass is 10.2. The second kappa shape index (κ2) is 9.80. The molecule has 1 aliphatic heterocycles. The molecule has 1 saturated heterocycles. The van der Waals surface area contributed by atoms with Crippen molar-refractivity contribution >= 4 is 11.9 Å². The summed E-state index contributed by atoms with van der Waals surface area (Å²) in [6.45, 7) is 6.12. The lowest BCUT2D eigenvalue weighted by Gasteiger charge is -2.26. The van der Waals surface area contributed by atoms with E-state index in [2.05, 4.69) is 22.2 Å². The molecule has 11 nitrogen and oxygen atoms in total. The van der Waals surface area contributed by atoms with E-state index in [-0.39, 0.29) is 37.6 Å². The van der Waals surface area contributed by atoms with Crippen LogP contribution in [0.1, 0.15) is 56.5 Å². The largest absolute Gasteiger partial charge is 0.461 e. The zero-order valence-electron chi connectivity index (χ0n) is 16.7. The molecule has 1 aromatic heterocycles. The summed E-state index contributed by atoms with van der Waals surface area (Å²) in [7, 11) is 0. The molecule has 0 amide bonds. The summed E-state index contributed by atoms with van der Waals surface area (Å²) < 4.78 is 22.3. The molecule has 0 radical (unpaired) electrons. The number of ether oxygens (including phenoxy) is 4. The van der Waals surface area contributed by atoms with Gasteiger partial charge in [-0.05, 0) is 33.6 Å². The number of hydrogen-bond acceptors (Lipinski definition) is 10. The second-order valence-corrected chi connectivity index (χ2v) is 6.59. The quantitative estimate of drug-likeness (QED) is 0.351. The van der Waals surface area contributed by atoms with Gasteiger partial charge in [-0.2, -0.15) is 0 Å². The van der Waals surface area contributed by atoms with Gasteiger partial charge in [-0.1, -0.05) is 5.21 Å². The van der Waals surface area contributed by atoms with Crippen molar-refractivity contribution in [3.8, 4) is 11.8 Å². The average Bonchev–Trinajstić information content (AvgIpc) is 3.22. The minimum Gasteiger partial charge on any atom is -0.461 e. The maximum absolute atomic E-state index is 12.2. The lowest BCUT2D eigenvalue weighted by molar-refractivity contribution is -0.224. The molecule has 1 aliphatic rings. The van der Waals surface area contributed by atoms with Crippen molar-refractivity contribution in [3.63, 3.8) is 0 Å². The highest BCUT2D eigenvalue weighted by Crippen LogP contribution is 2.34. The Morgan fingerprint density at radius 2 is 2.00 bits per heavy atom. The van der Waals surface area contributed by atoms with Crippen LogP contribution >= 0.6 is 0 Å². The number of esters is 2. The van der Waals surface area contributed by atoms with E-state index in [0.29, 0.717) is 0 Å². The monoisotopic (exact) mass is 411 g/mol. The van der Waals surface area contributed by atoms with Crippen LogP contribution in [-0.4, -0.2) is 75.0 Å². The maximum Gasteiger partial charge on any atom is 0.384 e. The Morgan fingerprint density at radius 1 is 1.31 bits per heavy atom. The van der Waals surface area contributed by atoms with Gasteiger partial charge in [0.25, 0.3) is 0 Å².